The SMILES string of the molecule is O=Cc1cc(N=Nc2ccc(Cl)cc2)c2cccnc2c1O.O=Cc1cc(N=Nc2ccc(Cl)cc2)c2cccnc2c1O.[Cu]. The number of aromatic nitrogens is 2. The van der Waals surface area contributed by atoms with E-state index in [0.29, 0.717) is 67.2 Å². The van der Waals surface area contributed by atoms with Crippen LogP contribution in [-0.4, -0.2) is 32.8 Å². The number of hydrogen-bond acceptors (Lipinski definition) is 10. The van der Waals surface area contributed by atoms with Crippen LogP contribution in [0.4, 0.5) is 22.7 Å². The number of nitrogens with zero attached hydrogens (tertiary/aromatic N) is 6. The van der Waals surface area contributed by atoms with Gasteiger partial charge in [-0.05, 0) is 84.9 Å². The number of phenolic OH excluding ortho intramolecular Hbond substituents is 2. The number of halogens is 2. The molecule has 6 aromatic rings. The molecule has 6 rings (SSSR count). The number of phenols is 2. The number of aromatic hydroxyl groups is 2. The first-order chi connectivity index (χ1) is 21.4. The Kier molecular flexibility index (Phi) is 11.0. The smallest absolute Gasteiger partial charge is 0.153 e. The van der Waals surface area contributed by atoms with E-state index in [4.69, 9.17) is 23.2 Å². The van der Waals surface area contributed by atoms with E-state index in [1.54, 1.807) is 72.8 Å². The van der Waals surface area contributed by atoms with Gasteiger partial charge in [0.2, 0.25) is 0 Å². The second-order valence-electron chi connectivity index (χ2n) is 9.05. The van der Waals surface area contributed by atoms with Crippen LogP contribution in [0.1, 0.15) is 20.7 Å². The first-order valence-corrected chi connectivity index (χ1v) is 13.6. The van der Waals surface area contributed by atoms with E-state index < -0.39 is 0 Å². The van der Waals surface area contributed by atoms with Gasteiger partial charge in [-0.15, -0.1) is 10.2 Å². The van der Waals surface area contributed by atoms with Crippen LogP contribution in [0.5, 0.6) is 11.5 Å². The Morgan fingerprint density at radius 3 is 1.31 bits per heavy atom. The first-order valence-electron chi connectivity index (χ1n) is 12.8. The van der Waals surface area contributed by atoms with Gasteiger partial charge >= 0.3 is 0 Å². The summed E-state index contributed by atoms with van der Waals surface area (Å²) in [7, 11) is 0. The van der Waals surface area contributed by atoms with Crippen LogP contribution >= 0.6 is 23.2 Å². The standard InChI is InChI=1S/2C16H10ClN3O2.Cu/c2*17-11-3-5-12(6-4-11)19-20-14-8-10(9-21)16(22)15-13(14)2-1-7-18-15;/h2*1-9,22H;. The third-order valence-electron chi connectivity index (χ3n) is 6.20. The van der Waals surface area contributed by atoms with Gasteiger partial charge in [0.15, 0.2) is 24.1 Å². The number of fused-ring (bicyclic) bond motifs is 2. The average molecular weight is 687 g/mol. The summed E-state index contributed by atoms with van der Waals surface area (Å²) in [5.74, 6) is -0.313. The summed E-state index contributed by atoms with van der Waals surface area (Å²) in [6.07, 6.45) is 4.20. The molecule has 0 fully saturated rings. The predicted octanol–water partition coefficient (Wildman–Crippen LogP) is 9.64. The number of pyridine rings is 2. The summed E-state index contributed by atoms with van der Waals surface area (Å²) in [4.78, 5) is 30.3. The molecule has 0 aliphatic rings. The van der Waals surface area contributed by atoms with Crippen LogP contribution < -0.4 is 0 Å². The Hall–Kier alpha value is -5.06. The van der Waals surface area contributed by atoms with Gasteiger partial charge in [-0.2, -0.15) is 10.2 Å². The van der Waals surface area contributed by atoms with Crippen molar-refractivity contribution in [3.8, 4) is 11.5 Å². The molecule has 1 radical (unpaired) electrons. The van der Waals surface area contributed by atoms with Crippen LogP contribution in [0.2, 0.25) is 10.0 Å². The fraction of sp³-hybridized carbons (Fsp3) is 0. The van der Waals surface area contributed by atoms with Crippen molar-refractivity contribution in [3.63, 3.8) is 0 Å². The van der Waals surface area contributed by atoms with Crippen molar-refractivity contribution < 1.29 is 36.9 Å². The molecule has 10 nitrogen and oxygen atoms in total. The van der Waals surface area contributed by atoms with E-state index in [0.717, 1.165) is 0 Å². The van der Waals surface area contributed by atoms with Crippen molar-refractivity contribution in [2.24, 2.45) is 20.5 Å². The van der Waals surface area contributed by atoms with Gasteiger partial charge in [-0.25, -0.2) is 0 Å². The van der Waals surface area contributed by atoms with Crippen LogP contribution in [0.15, 0.2) is 118 Å². The monoisotopic (exact) mass is 685 g/mol. The Bertz CT molecular complexity index is 1910. The second-order valence-corrected chi connectivity index (χ2v) is 9.93. The molecule has 45 heavy (non-hydrogen) atoms. The van der Waals surface area contributed by atoms with Gasteiger partial charge in [-0.3, -0.25) is 19.6 Å². The molecule has 227 valence electrons. The van der Waals surface area contributed by atoms with Crippen molar-refractivity contribution in [2.75, 3.05) is 0 Å². The van der Waals surface area contributed by atoms with Crippen molar-refractivity contribution in [3.05, 3.63) is 118 Å². The second kappa shape index (κ2) is 15.1. The zero-order valence-electron chi connectivity index (χ0n) is 22.8. The molecule has 0 aliphatic carbocycles. The summed E-state index contributed by atoms with van der Waals surface area (Å²) < 4.78 is 0. The molecule has 0 saturated carbocycles. The van der Waals surface area contributed by atoms with Crippen LogP contribution in [0.3, 0.4) is 0 Å². The summed E-state index contributed by atoms with van der Waals surface area (Å²) in [6.45, 7) is 0. The Morgan fingerprint density at radius 2 is 0.956 bits per heavy atom. The van der Waals surface area contributed by atoms with E-state index in [1.165, 1.54) is 24.5 Å². The van der Waals surface area contributed by atoms with Gasteiger partial charge in [0, 0.05) is 50.3 Å². The molecule has 2 heterocycles. The van der Waals surface area contributed by atoms with E-state index in [-0.39, 0.29) is 39.7 Å². The third-order valence-corrected chi connectivity index (χ3v) is 6.70. The normalized spacial score (nSPS) is 10.9. The molecular weight excluding hydrogens is 667 g/mol. The average Bonchev–Trinajstić information content (AvgIpc) is 3.06. The molecule has 4 aromatic carbocycles. The Labute approximate surface area is 276 Å². The minimum atomic E-state index is -0.156. The molecular formula is C32H20Cl2CuN6O4. The molecule has 13 heteroatoms. The van der Waals surface area contributed by atoms with Gasteiger partial charge in [-0.1, -0.05) is 23.2 Å². The summed E-state index contributed by atoms with van der Waals surface area (Å²) in [5, 5.41) is 39.0. The van der Waals surface area contributed by atoms with Gasteiger partial charge in [0.1, 0.15) is 11.0 Å². The van der Waals surface area contributed by atoms with Crippen LogP contribution in [-0.2, 0) is 17.1 Å². The van der Waals surface area contributed by atoms with E-state index >= 15 is 0 Å². The number of azo groups is 2. The molecule has 0 aliphatic heterocycles. The Morgan fingerprint density at radius 1 is 0.578 bits per heavy atom. The van der Waals surface area contributed by atoms with Gasteiger partial charge < -0.3 is 10.2 Å². The summed E-state index contributed by atoms with van der Waals surface area (Å²) in [5.41, 5.74) is 3.04. The predicted molar refractivity (Wildman–Crippen MR) is 169 cm³/mol. The maximum absolute atomic E-state index is 11.1. The molecule has 0 unspecified atom stereocenters. The molecule has 0 atom stereocenters. The maximum Gasteiger partial charge on any atom is 0.153 e. The van der Waals surface area contributed by atoms with Crippen LogP contribution in [0.25, 0.3) is 21.8 Å². The van der Waals surface area contributed by atoms with Gasteiger partial charge in [0.25, 0.3) is 0 Å². The zero-order chi connectivity index (χ0) is 31.1. The number of rotatable bonds is 6. The minimum Gasteiger partial charge on any atom is -0.505 e. The summed E-state index contributed by atoms with van der Waals surface area (Å²) in [6, 6.07) is 23.7. The number of hydrogen-bond donors (Lipinski definition) is 2. The van der Waals surface area contributed by atoms with Crippen molar-refractivity contribution >= 4 is 80.3 Å². The van der Waals surface area contributed by atoms with Crippen molar-refractivity contribution in [2.45, 2.75) is 0 Å². The topological polar surface area (TPSA) is 150 Å². The minimum absolute atomic E-state index is 0. The molecule has 0 saturated heterocycles. The third kappa shape index (κ3) is 7.72. The first kappa shape index (κ1) is 32.8. The molecule has 0 bridgehead atoms. The largest absolute Gasteiger partial charge is 0.505 e. The summed E-state index contributed by atoms with van der Waals surface area (Å²) >= 11 is 11.6. The molecule has 0 amide bonds. The quantitative estimate of drug-likeness (QED) is 0.101. The number of aldehydes is 2. The number of carbonyl (C=O) groups excluding carboxylic acids is 2. The molecule has 0 spiro atoms. The van der Waals surface area contributed by atoms with Gasteiger partial charge in [0.05, 0.1) is 33.9 Å². The van der Waals surface area contributed by atoms with E-state index in [9.17, 15) is 19.8 Å². The fourth-order valence-corrected chi connectivity index (χ4v) is 4.30. The molecule has 2 aromatic heterocycles. The zero-order valence-corrected chi connectivity index (χ0v) is 25.3. The number of carbonyl (C=O) groups is 2. The number of benzene rings is 4. The van der Waals surface area contributed by atoms with E-state index in [2.05, 4.69) is 30.4 Å². The van der Waals surface area contributed by atoms with E-state index in [1.807, 2.05) is 0 Å². The molecule has 2 N–H and O–H groups in total. The maximum atomic E-state index is 11.1. The Balaban J connectivity index is 0.000000200. The van der Waals surface area contributed by atoms with Crippen LogP contribution in [0, 0.1) is 0 Å². The van der Waals surface area contributed by atoms with Crippen molar-refractivity contribution in [1.82, 2.24) is 9.97 Å². The van der Waals surface area contributed by atoms with Crippen molar-refractivity contribution in [1.29, 1.82) is 0 Å². The fourth-order valence-electron chi connectivity index (χ4n) is 4.05.